The summed E-state index contributed by atoms with van der Waals surface area (Å²) in [5.74, 6) is -1.75. The standard InChI is InChI=1S/C16H14F4O/c1-10-8-13(21-9-12-6-4-3-5-7-12)14(16(18,19)20)15(17)11(10)2/h3-8H,9H2,1-2H3. The monoisotopic (exact) mass is 298 g/mol. The molecule has 0 N–H and O–H groups in total. The second-order valence-electron chi connectivity index (χ2n) is 4.78. The maximum Gasteiger partial charge on any atom is 0.422 e. The Labute approximate surface area is 120 Å². The van der Waals surface area contributed by atoms with Crippen LogP contribution in [-0.2, 0) is 12.8 Å². The number of benzene rings is 2. The first-order valence-electron chi connectivity index (χ1n) is 6.34. The number of aryl methyl sites for hydroxylation is 1. The highest BCUT2D eigenvalue weighted by Crippen LogP contribution is 2.40. The van der Waals surface area contributed by atoms with Crippen molar-refractivity contribution in [2.75, 3.05) is 0 Å². The molecule has 2 rings (SSSR count). The molecule has 1 nitrogen and oxygen atoms in total. The third kappa shape index (κ3) is 3.35. The molecule has 0 saturated heterocycles. The van der Waals surface area contributed by atoms with Crippen molar-refractivity contribution in [1.29, 1.82) is 0 Å². The minimum Gasteiger partial charge on any atom is -0.488 e. The molecule has 0 atom stereocenters. The lowest BCUT2D eigenvalue weighted by atomic mass is 10.0. The second-order valence-corrected chi connectivity index (χ2v) is 4.78. The van der Waals surface area contributed by atoms with Crippen LogP contribution in [0.2, 0.25) is 0 Å². The van der Waals surface area contributed by atoms with Gasteiger partial charge in [0.2, 0.25) is 0 Å². The van der Waals surface area contributed by atoms with Crippen molar-refractivity contribution in [2.45, 2.75) is 26.6 Å². The molecule has 0 spiro atoms. The third-order valence-electron chi connectivity index (χ3n) is 3.25. The van der Waals surface area contributed by atoms with Crippen molar-refractivity contribution in [2.24, 2.45) is 0 Å². The SMILES string of the molecule is Cc1cc(OCc2ccccc2)c(C(F)(F)F)c(F)c1C. The van der Waals surface area contributed by atoms with Crippen molar-refractivity contribution in [3.8, 4) is 5.75 Å². The van der Waals surface area contributed by atoms with Gasteiger partial charge in [-0.05, 0) is 36.6 Å². The van der Waals surface area contributed by atoms with E-state index in [9.17, 15) is 17.6 Å². The molecule has 0 aliphatic heterocycles. The summed E-state index contributed by atoms with van der Waals surface area (Å²) < 4.78 is 58.2. The topological polar surface area (TPSA) is 9.23 Å². The molecule has 0 aliphatic carbocycles. The van der Waals surface area contributed by atoms with Crippen LogP contribution in [-0.4, -0.2) is 0 Å². The van der Waals surface area contributed by atoms with E-state index in [2.05, 4.69) is 0 Å². The third-order valence-corrected chi connectivity index (χ3v) is 3.25. The van der Waals surface area contributed by atoms with E-state index in [0.29, 0.717) is 11.1 Å². The lowest BCUT2D eigenvalue weighted by molar-refractivity contribution is -0.141. The van der Waals surface area contributed by atoms with E-state index in [1.165, 1.54) is 13.0 Å². The summed E-state index contributed by atoms with van der Waals surface area (Å²) in [6, 6.07) is 9.98. The van der Waals surface area contributed by atoms with E-state index in [1.54, 1.807) is 37.3 Å². The van der Waals surface area contributed by atoms with Gasteiger partial charge in [0, 0.05) is 0 Å². The Morgan fingerprint density at radius 3 is 2.24 bits per heavy atom. The first-order valence-corrected chi connectivity index (χ1v) is 6.34. The number of ether oxygens (including phenoxy) is 1. The zero-order chi connectivity index (χ0) is 15.6. The summed E-state index contributed by atoms with van der Waals surface area (Å²) in [6.07, 6.45) is -4.80. The number of alkyl halides is 3. The molecule has 0 heterocycles. The first-order chi connectivity index (χ1) is 9.80. The summed E-state index contributed by atoms with van der Waals surface area (Å²) >= 11 is 0. The zero-order valence-corrected chi connectivity index (χ0v) is 11.6. The molecule has 0 saturated carbocycles. The van der Waals surface area contributed by atoms with Crippen LogP contribution in [0.3, 0.4) is 0 Å². The average molecular weight is 298 g/mol. The van der Waals surface area contributed by atoms with Gasteiger partial charge in [0.05, 0.1) is 0 Å². The van der Waals surface area contributed by atoms with Crippen molar-refractivity contribution in [1.82, 2.24) is 0 Å². The van der Waals surface area contributed by atoms with E-state index in [-0.39, 0.29) is 12.2 Å². The van der Waals surface area contributed by atoms with E-state index >= 15 is 0 Å². The molecular weight excluding hydrogens is 284 g/mol. The molecule has 0 radical (unpaired) electrons. The highest BCUT2D eigenvalue weighted by Gasteiger charge is 2.39. The Balaban J connectivity index is 2.38. The number of hydrogen-bond donors (Lipinski definition) is 0. The van der Waals surface area contributed by atoms with Crippen LogP contribution < -0.4 is 4.74 Å². The highest BCUT2D eigenvalue weighted by atomic mass is 19.4. The van der Waals surface area contributed by atoms with Gasteiger partial charge in [0.15, 0.2) is 0 Å². The molecule has 0 amide bonds. The minimum atomic E-state index is -4.80. The smallest absolute Gasteiger partial charge is 0.422 e. The van der Waals surface area contributed by atoms with Crippen LogP contribution in [0.5, 0.6) is 5.75 Å². The quantitative estimate of drug-likeness (QED) is 0.721. The summed E-state index contributed by atoms with van der Waals surface area (Å²) in [7, 11) is 0. The molecule has 2 aromatic rings. The molecule has 0 fully saturated rings. The van der Waals surface area contributed by atoms with Gasteiger partial charge in [-0.15, -0.1) is 0 Å². The fourth-order valence-corrected chi connectivity index (χ4v) is 1.96. The van der Waals surface area contributed by atoms with Crippen LogP contribution in [0.1, 0.15) is 22.3 Å². The van der Waals surface area contributed by atoms with Crippen molar-refractivity contribution >= 4 is 0 Å². The minimum absolute atomic E-state index is 0.0191. The van der Waals surface area contributed by atoms with Gasteiger partial charge in [-0.1, -0.05) is 30.3 Å². The summed E-state index contributed by atoms with van der Waals surface area (Å²) in [6.45, 7) is 2.82. The van der Waals surface area contributed by atoms with Gasteiger partial charge in [-0.25, -0.2) is 4.39 Å². The van der Waals surface area contributed by atoms with Gasteiger partial charge in [0.25, 0.3) is 0 Å². The van der Waals surface area contributed by atoms with Crippen LogP contribution in [0.15, 0.2) is 36.4 Å². The van der Waals surface area contributed by atoms with Crippen molar-refractivity contribution in [3.05, 3.63) is 64.5 Å². The fourth-order valence-electron chi connectivity index (χ4n) is 1.96. The van der Waals surface area contributed by atoms with Crippen LogP contribution >= 0.6 is 0 Å². The Hall–Kier alpha value is -2.04. The molecule has 5 heteroatoms. The number of halogens is 4. The summed E-state index contributed by atoms with van der Waals surface area (Å²) in [4.78, 5) is 0. The molecule has 0 aromatic heterocycles. The maximum absolute atomic E-state index is 13.9. The second kappa shape index (κ2) is 5.76. The predicted octanol–water partition coefficient (Wildman–Crippen LogP) is 5.04. The molecule has 0 bridgehead atoms. The Kier molecular flexibility index (Phi) is 4.21. The van der Waals surface area contributed by atoms with E-state index in [1.807, 2.05) is 0 Å². The lowest BCUT2D eigenvalue weighted by Crippen LogP contribution is -2.13. The summed E-state index contributed by atoms with van der Waals surface area (Å²) in [5.41, 5.74) is -0.233. The molecule has 0 unspecified atom stereocenters. The molecular formula is C16H14F4O. The summed E-state index contributed by atoms with van der Waals surface area (Å²) in [5, 5.41) is 0. The predicted molar refractivity (Wildman–Crippen MR) is 71.7 cm³/mol. The molecule has 0 aliphatic rings. The molecule has 21 heavy (non-hydrogen) atoms. The zero-order valence-electron chi connectivity index (χ0n) is 11.6. The van der Waals surface area contributed by atoms with E-state index in [0.717, 1.165) is 0 Å². The average Bonchev–Trinajstić information content (AvgIpc) is 2.42. The van der Waals surface area contributed by atoms with Crippen LogP contribution in [0.4, 0.5) is 17.6 Å². The first kappa shape index (κ1) is 15.4. The maximum atomic E-state index is 13.9. The van der Waals surface area contributed by atoms with Gasteiger partial charge >= 0.3 is 6.18 Å². The fraction of sp³-hybridized carbons (Fsp3) is 0.250. The Bertz CT molecular complexity index is 633. The highest BCUT2D eigenvalue weighted by molar-refractivity contribution is 5.45. The molecule has 112 valence electrons. The van der Waals surface area contributed by atoms with Crippen LogP contribution in [0.25, 0.3) is 0 Å². The lowest BCUT2D eigenvalue weighted by Gasteiger charge is -2.17. The Morgan fingerprint density at radius 1 is 1.05 bits per heavy atom. The van der Waals surface area contributed by atoms with Gasteiger partial charge in [-0.3, -0.25) is 0 Å². The van der Waals surface area contributed by atoms with Crippen molar-refractivity contribution < 1.29 is 22.3 Å². The van der Waals surface area contributed by atoms with Gasteiger partial charge in [0.1, 0.15) is 23.7 Å². The van der Waals surface area contributed by atoms with Gasteiger partial charge in [-0.2, -0.15) is 13.2 Å². The number of rotatable bonds is 3. The van der Waals surface area contributed by atoms with E-state index in [4.69, 9.17) is 4.74 Å². The van der Waals surface area contributed by atoms with Crippen LogP contribution in [0, 0.1) is 19.7 Å². The largest absolute Gasteiger partial charge is 0.488 e. The molecule has 2 aromatic carbocycles. The normalized spacial score (nSPS) is 11.5. The van der Waals surface area contributed by atoms with E-state index < -0.39 is 23.3 Å². The Morgan fingerprint density at radius 2 is 1.67 bits per heavy atom. The number of hydrogen-bond acceptors (Lipinski definition) is 1. The van der Waals surface area contributed by atoms with Gasteiger partial charge < -0.3 is 4.74 Å². The van der Waals surface area contributed by atoms with Crippen molar-refractivity contribution in [3.63, 3.8) is 0 Å².